The molecule has 0 amide bonds. The van der Waals surface area contributed by atoms with Gasteiger partial charge in [0.05, 0.1) is 18.6 Å². The molecule has 0 unspecified atom stereocenters. The Kier molecular flexibility index (Phi) is 5.61. The first kappa shape index (κ1) is 19.8. The zero-order valence-electron chi connectivity index (χ0n) is 16.9. The average Bonchev–Trinajstić information content (AvgIpc) is 2.94. The van der Waals surface area contributed by atoms with Gasteiger partial charge in [-0.1, -0.05) is 12.1 Å². The molecule has 1 aliphatic rings. The fourth-order valence-electron chi connectivity index (χ4n) is 4.01. The lowest BCUT2D eigenvalue weighted by Gasteiger charge is -2.04. The molecule has 0 aliphatic carbocycles. The number of hydrogen-bond acceptors (Lipinski definition) is 4. The number of carbonyl (C=O) groups is 1. The lowest BCUT2D eigenvalue weighted by atomic mass is 10.1. The number of nitrogens with zero attached hydrogens (tertiary/aromatic N) is 3. The first-order valence-corrected chi connectivity index (χ1v) is 10.1. The number of nitro benzene ring substituents is 1. The SMILES string of the molecule is COc1ccc(-c2c[n+](CC(=O)c3cccc([N+](=O)[O-])c3)c3n2CCCCC3)cc1. The molecule has 2 heterocycles. The first-order valence-electron chi connectivity index (χ1n) is 10.1. The minimum Gasteiger partial charge on any atom is -0.497 e. The number of nitro groups is 1. The monoisotopic (exact) mass is 406 g/mol. The molecule has 0 fully saturated rings. The second-order valence-electron chi connectivity index (χ2n) is 7.48. The first-order chi connectivity index (χ1) is 14.6. The molecule has 0 atom stereocenters. The van der Waals surface area contributed by atoms with Crippen LogP contribution in [-0.4, -0.2) is 22.4 Å². The van der Waals surface area contributed by atoms with E-state index in [9.17, 15) is 14.9 Å². The van der Waals surface area contributed by atoms with Gasteiger partial charge >= 0.3 is 0 Å². The van der Waals surface area contributed by atoms with Crippen LogP contribution in [-0.2, 0) is 19.5 Å². The molecule has 30 heavy (non-hydrogen) atoms. The van der Waals surface area contributed by atoms with E-state index in [0.29, 0.717) is 5.56 Å². The van der Waals surface area contributed by atoms with Crippen molar-refractivity contribution in [1.29, 1.82) is 0 Å². The molecular weight excluding hydrogens is 382 g/mol. The van der Waals surface area contributed by atoms with Gasteiger partial charge in [0.25, 0.3) is 11.5 Å². The van der Waals surface area contributed by atoms with Gasteiger partial charge in [-0.25, -0.2) is 9.13 Å². The number of imidazole rings is 1. The number of benzene rings is 2. The second kappa shape index (κ2) is 8.49. The topological polar surface area (TPSA) is 78.2 Å². The van der Waals surface area contributed by atoms with Gasteiger partial charge in [-0.2, -0.15) is 0 Å². The molecule has 3 aromatic rings. The summed E-state index contributed by atoms with van der Waals surface area (Å²) >= 11 is 0. The van der Waals surface area contributed by atoms with Gasteiger partial charge in [-0.15, -0.1) is 0 Å². The third kappa shape index (κ3) is 3.96. The highest BCUT2D eigenvalue weighted by Gasteiger charge is 2.27. The Morgan fingerprint density at radius 2 is 1.97 bits per heavy atom. The molecule has 0 saturated carbocycles. The third-order valence-electron chi connectivity index (χ3n) is 5.57. The third-order valence-corrected chi connectivity index (χ3v) is 5.57. The normalized spacial score (nSPS) is 13.4. The summed E-state index contributed by atoms with van der Waals surface area (Å²) in [7, 11) is 1.64. The zero-order chi connectivity index (χ0) is 21.1. The van der Waals surface area contributed by atoms with E-state index in [1.165, 1.54) is 12.1 Å². The molecule has 7 nitrogen and oxygen atoms in total. The minimum atomic E-state index is -0.476. The number of aromatic nitrogens is 2. The van der Waals surface area contributed by atoms with Crippen molar-refractivity contribution < 1.29 is 19.0 Å². The number of methoxy groups -OCH3 is 1. The number of carbonyl (C=O) groups excluding carboxylic acids is 1. The molecule has 0 bridgehead atoms. The molecule has 154 valence electrons. The summed E-state index contributed by atoms with van der Waals surface area (Å²) < 4.78 is 9.57. The van der Waals surface area contributed by atoms with Crippen LogP contribution >= 0.6 is 0 Å². The molecule has 0 spiro atoms. The van der Waals surface area contributed by atoms with Crippen molar-refractivity contribution >= 4 is 11.5 Å². The Hall–Kier alpha value is -3.48. The molecule has 1 aromatic heterocycles. The van der Waals surface area contributed by atoms with Gasteiger partial charge in [-0.05, 0) is 43.5 Å². The molecule has 7 heteroatoms. The molecule has 2 aromatic carbocycles. The van der Waals surface area contributed by atoms with Crippen LogP contribution in [0.4, 0.5) is 5.69 Å². The maximum Gasteiger partial charge on any atom is 0.270 e. The van der Waals surface area contributed by atoms with Crippen LogP contribution in [0.1, 0.15) is 35.4 Å². The molecular formula is C23H24N3O4+. The maximum absolute atomic E-state index is 12.9. The van der Waals surface area contributed by atoms with E-state index in [1.807, 2.05) is 35.0 Å². The highest BCUT2D eigenvalue weighted by atomic mass is 16.6. The number of Topliss-reactive ketones (excluding diaryl/α,β-unsaturated/α-hetero) is 1. The summed E-state index contributed by atoms with van der Waals surface area (Å²) in [6, 6.07) is 13.9. The quantitative estimate of drug-likeness (QED) is 0.269. The fourth-order valence-corrected chi connectivity index (χ4v) is 4.01. The van der Waals surface area contributed by atoms with Crippen LogP contribution in [0.25, 0.3) is 11.3 Å². The Labute approximate surface area is 174 Å². The molecule has 0 N–H and O–H groups in total. The number of ether oxygens (including phenoxy) is 1. The summed E-state index contributed by atoms with van der Waals surface area (Å²) in [4.78, 5) is 23.5. The van der Waals surface area contributed by atoms with Gasteiger partial charge in [0.1, 0.15) is 11.9 Å². The van der Waals surface area contributed by atoms with Crippen LogP contribution in [0.5, 0.6) is 5.75 Å². The highest BCUT2D eigenvalue weighted by molar-refractivity contribution is 5.95. The van der Waals surface area contributed by atoms with Crippen molar-refractivity contribution in [2.75, 3.05) is 7.11 Å². The van der Waals surface area contributed by atoms with Crippen molar-refractivity contribution in [2.45, 2.75) is 38.8 Å². The summed E-state index contributed by atoms with van der Waals surface area (Å²) in [5.41, 5.74) is 2.43. The van der Waals surface area contributed by atoms with Gasteiger partial charge in [0, 0.05) is 29.7 Å². The Morgan fingerprint density at radius 1 is 1.17 bits per heavy atom. The van der Waals surface area contributed by atoms with Crippen molar-refractivity contribution in [3.8, 4) is 17.0 Å². The van der Waals surface area contributed by atoms with E-state index in [2.05, 4.69) is 4.57 Å². The summed E-state index contributed by atoms with van der Waals surface area (Å²) in [5.74, 6) is 1.79. The van der Waals surface area contributed by atoms with E-state index in [1.54, 1.807) is 19.2 Å². The minimum absolute atomic E-state index is 0.0690. The van der Waals surface area contributed by atoms with E-state index >= 15 is 0 Å². The van der Waals surface area contributed by atoms with Crippen LogP contribution in [0.3, 0.4) is 0 Å². The predicted octanol–water partition coefficient (Wildman–Crippen LogP) is 3.97. The fraction of sp³-hybridized carbons (Fsp3) is 0.304. The molecule has 1 aliphatic heterocycles. The van der Waals surface area contributed by atoms with E-state index in [4.69, 9.17) is 4.74 Å². The van der Waals surface area contributed by atoms with E-state index in [0.717, 1.165) is 55.1 Å². The van der Waals surface area contributed by atoms with Crippen LogP contribution in [0.15, 0.2) is 54.7 Å². The van der Waals surface area contributed by atoms with Crippen molar-refractivity contribution in [3.63, 3.8) is 0 Å². The smallest absolute Gasteiger partial charge is 0.270 e. The predicted molar refractivity (Wildman–Crippen MR) is 112 cm³/mol. The number of hydrogen-bond donors (Lipinski definition) is 0. The van der Waals surface area contributed by atoms with Gasteiger partial charge in [0.15, 0.2) is 12.2 Å². The Bertz CT molecular complexity index is 1090. The maximum atomic E-state index is 12.9. The number of rotatable bonds is 6. The van der Waals surface area contributed by atoms with Crippen molar-refractivity contribution in [2.24, 2.45) is 0 Å². The molecule has 4 rings (SSSR count). The van der Waals surface area contributed by atoms with Gasteiger partial charge in [0.2, 0.25) is 5.78 Å². The van der Waals surface area contributed by atoms with Crippen molar-refractivity contribution in [3.05, 3.63) is 76.2 Å². The molecule has 0 saturated heterocycles. The molecule has 0 radical (unpaired) electrons. The number of ketones is 1. The number of fused-ring (bicyclic) bond motifs is 1. The summed E-state index contributed by atoms with van der Waals surface area (Å²) in [5, 5.41) is 11.0. The highest BCUT2D eigenvalue weighted by Crippen LogP contribution is 2.26. The Balaban J connectivity index is 1.69. The summed E-state index contributed by atoms with van der Waals surface area (Å²) in [6.07, 6.45) is 6.26. The average molecular weight is 406 g/mol. The largest absolute Gasteiger partial charge is 0.497 e. The summed E-state index contributed by atoms with van der Waals surface area (Å²) in [6.45, 7) is 1.07. The van der Waals surface area contributed by atoms with Gasteiger partial charge < -0.3 is 4.74 Å². The second-order valence-corrected chi connectivity index (χ2v) is 7.48. The van der Waals surface area contributed by atoms with Gasteiger partial charge in [-0.3, -0.25) is 14.9 Å². The van der Waals surface area contributed by atoms with Crippen LogP contribution < -0.4 is 9.30 Å². The van der Waals surface area contributed by atoms with E-state index in [-0.39, 0.29) is 18.0 Å². The van der Waals surface area contributed by atoms with Crippen LogP contribution in [0, 0.1) is 10.1 Å². The number of non-ortho nitro benzene ring substituents is 1. The standard InChI is InChI=1S/C23H24N3O4/c1-30-20-11-9-17(10-12-20)21-15-24(23-8-3-2-4-13-25(21)23)16-22(27)18-6-5-7-19(14-18)26(28)29/h5-7,9-12,14-15H,2-4,8,13,16H2,1H3/q+1. The zero-order valence-corrected chi connectivity index (χ0v) is 16.9. The lowest BCUT2D eigenvalue weighted by Crippen LogP contribution is -2.40. The lowest BCUT2D eigenvalue weighted by molar-refractivity contribution is -0.690. The van der Waals surface area contributed by atoms with E-state index < -0.39 is 4.92 Å². The Morgan fingerprint density at radius 3 is 2.70 bits per heavy atom. The van der Waals surface area contributed by atoms with Crippen molar-refractivity contribution in [1.82, 2.24) is 4.57 Å². The van der Waals surface area contributed by atoms with Crippen LogP contribution in [0.2, 0.25) is 0 Å².